The third-order valence-electron chi connectivity index (χ3n) is 3.93. The van der Waals surface area contributed by atoms with E-state index < -0.39 is 37.2 Å². The smallest absolute Gasteiger partial charge is 0.321 e. The molecule has 11 nitrogen and oxygen atoms in total. The second-order valence-electron chi connectivity index (χ2n) is 5.44. The van der Waals surface area contributed by atoms with Gasteiger partial charge in [-0.15, -0.1) is 6.58 Å². The first-order valence-electron chi connectivity index (χ1n) is 7.01. The summed E-state index contributed by atoms with van der Waals surface area (Å²) in [5, 5.41) is 25.3. The number of aromatic nitrogens is 4. The molecule has 0 bridgehead atoms. The molecule has 3 rings (SSSR count). The molecule has 2 aromatic rings. The molecule has 0 radical (unpaired) electrons. The van der Waals surface area contributed by atoms with Gasteiger partial charge in [0.25, 0.3) is 0 Å². The van der Waals surface area contributed by atoms with Crippen molar-refractivity contribution < 1.29 is 29.3 Å². The second kappa shape index (κ2) is 6.34. The fourth-order valence-corrected chi connectivity index (χ4v) is 3.22. The van der Waals surface area contributed by atoms with Crippen molar-refractivity contribution in [2.45, 2.75) is 23.9 Å². The summed E-state index contributed by atoms with van der Waals surface area (Å²) in [7, 11) is 0. The number of aliphatic hydroxyl groups excluding tert-OH is 1. The molecule has 0 saturated carbocycles. The Balaban J connectivity index is 1.98. The van der Waals surface area contributed by atoms with Crippen LogP contribution in [0, 0.1) is 0 Å². The van der Waals surface area contributed by atoms with E-state index in [1.807, 2.05) is 0 Å². The van der Waals surface area contributed by atoms with Crippen molar-refractivity contribution in [1.29, 1.82) is 0 Å². The molecular weight excluding hydrogens is 373 g/mol. The molecule has 0 aromatic carbocycles. The van der Waals surface area contributed by atoms with E-state index in [9.17, 15) is 10.2 Å². The van der Waals surface area contributed by atoms with E-state index in [1.165, 1.54) is 17.0 Å². The summed E-state index contributed by atoms with van der Waals surface area (Å²) in [6.07, 6.45) is 0.0649. The number of nitrogen functional groups attached to an aromatic ring is 1. The van der Waals surface area contributed by atoms with Crippen LogP contribution in [-0.4, -0.2) is 64.0 Å². The van der Waals surface area contributed by atoms with Gasteiger partial charge in [0.15, 0.2) is 5.65 Å². The molecular formula is C12H16N5O6PS. The highest BCUT2D eigenvalue weighted by atomic mass is 32.5. The second-order valence-corrected chi connectivity index (χ2v) is 8.11. The minimum Gasteiger partial charge on any atom is -0.387 e. The van der Waals surface area contributed by atoms with E-state index >= 15 is 0 Å². The average Bonchev–Trinajstić information content (AvgIpc) is 3.07. The van der Waals surface area contributed by atoms with Gasteiger partial charge in [-0.05, 0) is 11.8 Å². The number of anilines is 1. The van der Waals surface area contributed by atoms with Gasteiger partial charge in [-0.3, -0.25) is 0 Å². The zero-order chi connectivity index (χ0) is 18.4. The molecule has 6 N–H and O–H groups in total. The average molecular weight is 389 g/mol. The summed E-state index contributed by atoms with van der Waals surface area (Å²) in [6, 6.07) is 0. The highest BCUT2D eigenvalue weighted by Crippen LogP contribution is 2.45. The van der Waals surface area contributed by atoms with Gasteiger partial charge in [-0.25, -0.2) is 9.97 Å². The lowest BCUT2D eigenvalue weighted by Crippen LogP contribution is -2.44. The van der Waals surface area contributed by atoms with E-state index in [0.717, 1.165) is 6.08 Å². The summed E-state index contributed by atoms with van der Waals surface area (Å²) in [6.45, 7) is -0.837. The standard InChI is InChI=1S/C12H16N5O6PS/c1-2-12(19)8(18)7(4-22-24(20,21)25)23-9(12)6-3-16-17-10(6)14-5-15-11(17)13/h2-3,5,7-9,18-19H,1,4H2,(H2,13,14,15)(H2,20,21,25)/t7-,8-,9?,12-/m1/s1. The van der Waals surface area contributed by atoms with E-state index in [2.05, 4.69) is 33.5 Å². The number of rotatable bonds is 5. The molecule has 0 aliphatic carbocycles. The number of hydrogen-bond acceptors (Lipinski definition) is 9. The van der Waals surface area contributed by atoms with Gasteiger partial charge in [-0.1, -0.05) is 6.08 Å². The zero-order valence-electron chi connectivity index (χ0n) is 12.7. The molecule has 25 heavy (non-hydrogen) atoms. The first-order valence-corrected chi connectivity index (χ1v) is 9.63. The lowest BCUT2D eigenvalue weighted by molar-refractivity contribution is -0.0405. The Morgan fingerprint density at radius 3 is 2.88 bits per heavy atom. The minimum atomic E-state index is -3.94. The predicted octanol–water partition coefficient (Wildman–Crippen LogP) is -1.35. The van der Waals surface area contributed by atoms with Gasteiger partial charge in [0.1, 0.15) is 30.2 Å². The molecule has 2 aromatic heterocycles. The SMILES string of the molecule is C=C[C@]1(O)C(c2cnn3c(N)ncnc23)O[C@H](COP(O)(O)=S)[C@H]1O. The number of fused-ring (bicyclic) bond motifs is 1. The molecule has 1 aliphatic rings. The molecule has 1 saturated heterocycles. The first kappa shape index (κ1) is 18.3. The molecule has 0 amide bonds. The van der Waals surface area contributed by atoms with Crippen molar-refractivity contribution in [1.82, 2.24) is 19.6 Å². The maximum atomic E-state index is 10.8. The fourth-order valence-electron chi connectivity index (χ4n) is 2.70. The maximum Gasteiger partial charge on any atom is 0.321 e. The van der Waals surface area contributed by atoms with E-state index in [0.29, 0.717) is 5.56 Å². The molecule has 3 heterocycles. The Bertz CT molecular complexity index is 858. The van der Waals surface area contributed by atoms with E-state index in [1.54, 1.807) is 0 Å². The van der Waals surface area contributed by atoms with Crippen LogP contribution in [0.3, 0.4) is 0 Å². The third-order valence-corrected chi connectivity index (χ3v) is 4.73. The fraction of sp³-hybridized carbons (Fsp3) is 0.417. The van der Waals surface area contributed by atoms with Crippen molar-refractivity contribution in [3.8, 4) is 0 Å². The third kappa shape index (κ3) is 3.18. The quantitative estimate of drug-likeness (QED) is 0.303. The summed E-state index contributed by atoms with van der Waals surface area (Å²) < 4.78 is 11.7. The number of aliphatic hydroxyl groups is 2. The molecule has 13 heteroatoms. The Morgan fingerprint density at radius 2 is 2.24 bits per heavy atom. The van der Waals surface area contributed by atoms with E-state index in [-0.39, 0.29) is 11.6 Å². The topological polar surface area (TPSA) is 168 Å². The van der Waals surface area contributed by atoms with Crippen LogP contribution >= 0.6 is 6.72 Å². The van der Waals surface area contributed by atoms with Gasteiger partial charge in [0, 0.05) is 5.56 Å². The van der Waals surface area contributed by atoms with Crippen molar-refractivity contribution in [2.75, 3.05) is 12.3 Å². The Labute approximate surface area is 146 Å². The van der Waals surface area contributed by atoms with Gasteiger partial charge in [-0.2, -0.15) is 9.61 Å². The van der Waals surface area contributed by atoms with Gasteiger partial charge in [0.05, 0.1) is 12.8 Å². The lowest BCUT2D eigenvalue weighted by Gasteiger charge is -2.27. The molecule has 1 fully saturated rings. The van der Waals surface area contributed by atoms with Crippen LogP contribution in [0.25, 0.3) is 5.65 Å². The van der Waals surface area contributed by atoms with Gasteiger partial charge in [0.2, 0.25) is 5.95 Å². The normalized spacial score (nSPS) is 30.0. The first-order chi connectivity index (χ1) is 11.7. The number of ether oxygens (including phenoxy) is 1. The monoisotopic (exact) mass is 389 g/mol. The molecule has 4 atom stereocenters. The highest BCUT2D eigenvalue weighted by molar-refractivity contribution is 8.06. The van der Waals surface area contributed by atoms with Crippen LogP contribution in [0.4, 0.5) is 5.95 Å². The summed E-state index contributed by atoms with van der Waals surface area (Å²) in [4.78, 5) is 26.2. The van der Waals surface area contributed by atoms with Gasteiger partial charge >= 0.3 is 6.72 Å². The molecule has 0 spiro atoms. The highest BCUT2D eigenvalue weighted by Gasteiger charge is 2.55. The largest absolute Gasteiger partial charge is 0.387 e. The van der Waals surface area contributed by atoms with Crippen molar-refractivity contribution in [2.24, 2.45) is 0 Å². The lowest BCUT2D eigenvalue weighted by atomic mass is 9.88. The summed E-state index contributed by atoms with van der Waals surface area (Å²) in [5.74, 6) is 0.0815. The zero-order valence-corrected chi connectivity index (χ0v) is 14.4. The summed E-state index contributed by atoms with van der Waals surface area (Å²) in [5.41, 5.74) is 4.43. The van der Waals surface area contributed by atoms with Gasteiger partial charge < -0.3 is 35.0 Å². The van der Waals surface area contributed by atoms with Crippen LogP contribution in [0.2, 0.25) is 0 Å². The van der Waals surface area contributed by atoms with Crippen molar-refractivity contribution in [3.63, 3.8) is 0 Å². The Hall–Kier alpha value is -1.50. The van der Waals surface area contributed by atoms with Crippen LogP contribution < -0.4 is 5.73 Å². The minimum absolute atomic E-state index is 0.0815. The molecule has 1 unspecified atom stereocenters. The number of hydrogen-bond donors (Lipinski definition) is 5. The number of nitrogens with two attached hydrogens (primary N) is 1. The van der Waals surface area contributed by atoms with Crippen LogP contribution in [-0.2, 0) is 21.1 Å². The number of nitrogens with zero attached hydrogens (tertiary/aromatic N) is 4. The molecule has 1 aliphatic heterocycles. The van der Waals surface area contributed by atoms with Crippen molar-refractivity contribution in [3.05, 3.63) is 30.7 Å². The maximum absolute atomic E-state index is 10.8. The Kier molecular flexibility index (Phi) is 4.64. The van der Waals surface area contributed by atoms with E-state index in [4.69, 9.17) is 24.8 Å². The van der Waals surface area contributed by atoms with Crippen LogP contribution in [0.1, 0.15) is 11.7 Å². The summed E-state index contributed by atoms with van der Waals surface area (Å²) >= 11 is 4.37. The van der Waals surface area contributed by atoms with Crippen molar-refractivity contribution >= 4 is 30.1 Å². The molecule has 136 valence electrons. The van der Waals surface area contributed by atoms with Crippen LogP contribution in [0.5, 0.6) is 0 Å². The predicted molar refractivity (Wildman–Crippen MR) is 88.6 cm³/mol. The van der Waals surface area contributed by atoms with Crippen LogP contribution in [0.15, 0.2) is 25.2 Å². The Morgan fingerprint density at radius 1 is 1.52 bits per heavy atom.